The topological polar surface area (TPSA) is 93.2 Å². The molecule has 0 amide bonds. The van der Waals surface area contributed by atoms with Gasteiger partial charge in [0.15, 0.2) is 0 Å². The van der Waals surface area contributed by atoms with E-state index in [1.807, 2.05) is 56.3 Å². The van der Waals surface area contributed by atoms with Crippen LogP contribution >= 0.6 is 0 Å². The highest BCUT2D eigenvalue weighted by Gasteiger charge is 2.21. The number of nitrogens with one attached hydrogen (secondary N) is 2. The first-order valence-corrected chi connectivity index (χ1v) is 12.9. The van der Waals surface area contributed by atoms with Gasteiger partial charge in [0, 0.05) is 17.3 Å². The van der Waals surface area contributed by atoms with Gasteiger partial charge in [-0.15, -0.1) is 0 Å². The average Bonchev–Trinajstić information content (AvgIpc) is 2.82. The first kappa shape index (κ1) is 22.9. The minimum absolute atomic E-state index is 0.0290. The number of hydrogen-bond acceptors (Lipinski definition) is 6. The van der Waals surface area contributed by atoms with Crippen molar-refractivity contribution >= 4 is 21.7 Å². The third-order valence-corrected chi connectivity index (χ3v) is 7.26. The first-order valence-electron chi connectivity index (χ1n) is 11.4. The van der Waals surface area contributed by atoms with Crippen molar-refractivity contribution in [2.24, 2.45) is 0 Å². The molecule has 0 aliphatic carbocycles. The lowest BCUT2D eigenvalue weighted by Gasteiger charge is -2.22. The fourth-order valence-corrected chi connectivity index (χ4v) is 5.28. The number of anilines is 2. The largest absolute Gasteiger partial charge is 0.475 e. The summed E-state index contributed by atoms with van der Waals surface area (Å²) < 4.78 is 35.0. The Morgan fingerprint density at radius 3 is 2.43 bits per heavy atom. The maximum Gasteiger partial charge on any atom is 0.264 e. The van der Waals surface area contributed by atoms with Gasteiger partial charge in [0.05, 0.1) is 16.6 Å². The number of sulfonamides is 1. The molecule has 1 aromatic heterocycles. The fraction of sp³-hybridized carbons (Fsp3) is 0.185. The Bertz CT molecular complexity index is 1450. The van der Waals surface area contributed by atoms with Gasteiger partial charge in [-0.25, -0.2) is 18.1 Å². The van der Waals surface area contributed by atoms with E-state index in [4.69, 9.17) is 4.74 Å². The average molecular weight is 487 g/mol. The first-order chi connectivity index (χ1) is 16.9. The highest BCUT2D eigenvalue weighted by atomic mass is 32.2. The fourth-order valence-electron chi connectivity index (χ4n) is 4.30. The molecule has 4 aromatic rings. The summed E-state index contributed by atoms with van der Waals surface area (Å²) in [5.41, 5.74) is 5.42. The molecule has 8 heteroatoms. The number of hydrogen-bond donors (Lipinski definition) is 2. The molecule has 5 rings (SSSR count). The Morgan fingerprint density at radius 1 is 0.914 bits per heavy atom. The van der Waals surface area contributed by atoms with Gasteiger partial charge in [0.2, 0.25) is 11.8 Å². The Kier molecular flexibility index (Phi) is 6.13. The molecular weight excluding hydrogens is 460 g/mol. The van der Waals surface area contributed by atoms with Crippen molar-refractivity contribution in [3.05, 3.63) is 95.6 Å². The molecule has 2 N–H and O–H groups in total. The number of ether oxygens (including phenoxy) is 1. The summed E-state index contributed by atoms with van der Waals surface area (Å²) in [5.74, 6) is 0.276. The number of nitrogens with zero attached hydrogens (tertiary/aromatic N) is 2. The van der Waals surface area contributed by atoms with Gasteiger partial charge in [-0.05, 0) is 55.2 Å². The van der Waals surface area contributed by atoms with E-state index < -0.39 is 10.0 Å². The van der Waals surface area contributed by atoms with Crippen LogP contribution in [0.15, 0.2) is 83.8 Å². The van der Waals surface area contributed by atoms with Gasteiger partial charge >= 0.3 is 0 Å². The molecule has 0 fully saturated rings. The second-order valence-corrected chi connectivity index (χ2v) is 10.3. The monoisotopic (exact) mass is 486 g/mol. The molecule has 1 aliphatic rings. The highest BCUT2D eigenvalue weighted by Crippen LogP contribution is 2.30. The third-order valence-electron chi connectivity index (χ3n) is 5.94. The summed E-state index contributed by atoms with van der Waals surface area (Å²) in [6.07, 6.45) is 0.692. The molecule has 178 valence electrons. The van der Waals surface area contributed by atoms with Gasteiger partial charge in [0.25, 0.3) is 10.0 Å². The molecule has 4 bridgehead atoms. The maximum absolute atomic E-state index is 13.2. The summed E-state index contributed by atoms with van der Waals surface area (Å²) in [6, 6.07) is 24.4. The van der Waals surface area contributed by atoms with E-state index >= 15 is 0 Å². The molecule has 0 saturated heterocycles. The van der Waals surface area contributed by atoms with Crippen LogP contribution in [0, 0.1) is 13.8 Å². The van der Waals surface area contributed by atoms with E-state index in [0.29, 0.717) is 30.3 Å². The highest BCUT2D eigenvalue weighted by molar-refractivity contribution is 7.92. The van der Waals surface area contributed by atoms with Crippen molar-refractivity contribution in [1.82, 2.24) is 9.97 Å². The van der Waals surface area contributed by atoms with Crippen LogP contribution in [-0.4, -0.2) is 31.0 Å². The zero-order valence-electron chi connectivity index (χ0n) is 19.5. The van der Waals surface area contributed by atoms with E-state index in [0.717, 1.165) is 22.3 Å². The summed E-state index contributed by atoms with van der Waals surface area (Å²) in [5, 5.41) is 3.43. The lowest BCUT2D eigenvalue weighted by molar-refractivity contribution is 0.285. The van der Waals surface area contributed by atoms with Crippen LogP contribution in [0.4, 0.5) is 11.6 Å². The summed E-state index contributed by atoms with van der Waals surface area (Å²) in [7, 11) is -3.91. The predicted molar refractivity (Wildman–Crippen MR) is 137 cm³/mol. The molecule has 2 heterocycles. The van der Waals surface area contributed by atoms with Crippen molar-refractivity contribution < 1.29 is 13.2 Å². The Balaban J connectivity index is 1.60. The van der Waals surface area contributed by atoms with E-state index in [1.165, 1.54) is 0 Å². The smallest absolute Gasteiger partial charge is 0.264 e. The Labute approximate surface area is 205 Å². The van der Waals surface area contributed by atoms with Crippen LogP contribution in [0.1, 0.15) is 16.7 Å². The molecule has 0 saturated carbocycles. The summed E-state index contributed by atoms with van der Waals surface area (Å²) in [4.78, 5) is 9.06. The number of benzene rings is 3. The molecule has 1 atom stereocenters. The van der Waals surface area contributed by atoms with Crippen molar-refractivity contribution in [1.29, 1.82) is 0 Å². The molecule has 0 radical (unpaired) electrons. The molecule has 1 aliphatic heterocycles. The lowest BCUT2D eigenvalue weighted by Crippen LogP contribution is -2.30. The Morgan fingerprint density at radius 2 is 1.66 bits per heavy atom. The Hall–Kier alpha value is -3.91. The van der Waals surface area contributed by atoms with Crippen LogP contribution < -0.4 is 14.8 Å². The second-order valence-electron chi connectivity index (χ2n) is 8.66. The summed E-state index contributed by atoms with van der Waals surface area (Å²) >= 11 is 0. The van der Waals surface area contributed by atoms with Gasteiger partial charge in [-0.1, -0.05) is 54.6 Å². The zero-order chi connectivity index (χ0) is 24.4. The number of rotatable bonds is 3. The van der Waals surface area contributed by atoms with Gasteiger partial charge < -0.3 is 10.1 Å². The SMILES string of the molecule is Cc1cccc(C)c1-c1cc2nc(n1)NS(=O)(=O)c1cccc(c1)N[C@H](Cc1ccccc1)CO2. The van der Waals surface area contributed by atoms with E-state index in [1.54, 1.807) is 24.3 Å². The molecule has 0 unspecified atom stereocenters. The molecular formula is C27H26N4O3S. The van der Waals surface area contributed by atoms with E-state index in [-0.39, 0.29) is 16.9 Å². The van der Waals surface area contributed by atoms with Crippen molar-refractivity contribution in [3.63, 3.8) is 0 Å². The minimum atomic E-state index is -3.91. The quantitative estimate of drug-likeness (QED) is 0.424. The van der Waals surface area contributed by atoms with Crippen molar-refractivity contribution in [2.75, 3.05) is 16.6 Å². The molecule has 35 heavy (non-hydrogen) atoms. The van der Waals surface area contributed by atoms with Gasteiger partial charge in [-0.2, -0.15) is 4.98 Å². The van der Waals surface area contributed by atoms with E-state index in [9.17, 15) is 8.42 Å². The lowest BCUT2D eigenvalue weighted by atomic mass is 10.00. The van der Waals surface area contributed by atoms with Crippen LogP contribution in [0.2, 0.25) is 0 Å². The standard InChI is InChI=1S/C27H26N4O3S/c1-18-8-6-9-19(2)26(18)24-16-25-30-27(29-24)31-35(32,33)23-13-7-12-21(15-23)28-22(17-34-25)14-20-10-4-3-5-11-20/h3-13,15-16,22,28H,14,17H2,1-2H3,(H,29,30,31)/t22-/m1/s1. The normalized spacial score (nSPS) is 16.6. The van der Waals surface area contributed by atoms with Crippen LogP contribution in [-0.2, 0) is 16.4 Å². The zero-order valence-corrected chi connectivity index (χ0v) is 20.3. The molecule has 0 spiro atoms. The third kappa shape index (κ3) is 5.12. The van der Waals surface area contributed by atoms with Crippen LogP contribution in [0.25, 0.3) is 11.3 Å². The van der Waals surface area contributed by atoms with Crippen molar-refractivity contribution in [2.45, 2.75) is 31.2 Å². The van der Waals surface area contributed by atoms with Crippen molar-refractivity contribution in [3.8, 4) is 17.1 Å². The maximum atomic E-state index is 13.2. The number of aromatic nitrogens is 2. The van der Waals surface area contributed by atoms with E-state index in [2.05, 4.69) is 32.1 Å². The van der Waals surface area contributed by atoms with Gasteiger partial charge in [0.1, 0.15) is 6.61 Å². The minimum Gasteiger partial charge on any atom is -0.475 e. The predicted octanol–water partition coefficient (Wildman–Crippen LogP) is 4.98. The van der Waals surface area contributed by atoms with Gasteiger partial charge in [-0.3, -0.25) is 0 Å². The number of aryl methyl sites for hydroxylation is 2. The molecule has 7 nitrogen and oxygen atoms in total. The summed E-state index contributed by atoms with van der Waals surface area (Å²) in [6.45, 7) is 4.32. The van der Waals surface area contributed by atoms with Crippen LogP contribution in [0.5, 0.6) is 5.88 Å². The molecule has 3 aromatic carbocycles. The van der Waals surface area contributed by atoms with Crippen LogP contribution in [0.3, 0.4) is 0 Å². The second kappa shape index (κ2) is 9.38. The number of fused-ring (bicyclic) bond motifs is 4.